The Morgan fingerprint density at radius 2 is 1.97 bits per heavy atom. The first-order valence-electron chi connectivity index (χ1n) is 9.83. The number of aromatic hydroxyl groups is 1. The molecule has 2 heterocycles. The number of barbiturate groups is 1. The molecule has 2 aromatic carbocycles. The van der Waals surface area contributed by atoms with Gasteiger partial charge in [-0.25, -0.2) is 9.69 Å². The summed E-state index contributed by atoms with van der Waals surface area (Å²) >= 11 is 0. The van der Waals surface area contributed by atoms with Gasteiger partial charge in [0.15, 0.2) is 23.0 Å². The summed E-state index contributed by atoms with van der Waals surface area (Å²) in [6, 6.07) is 6.85. The van der Waals surface area contributed by atoms with Gasteiger partial charge in [0.2, 0.25) is 6.79 Å². The summed E-state index contributed by atoms with van der Waals surface area (Å²) < 4.78 is 16.0. The minimum absolute atomic E-state index is 0.0366. The number of hydrogen-bond acceptors (Lipinski definition) is 7. The second kappa shape index (κ2) is 8.46. The fourth-order valence-electron chi connectivity index (χ4n) is 3.43. The van der Waals surface area contributed by atoms with Crippen molar-refractivity contribution in [1.82, 2.24) is 5.32 Å². The van der Waals surface area contributed by atoms with Crippen molar-refractivity contribution in [3.8, 4) is 23.0 Å². The van der Waals surface area contributed by atoms with Gasteiger partial charge < -0.3 is 19.3 Å². The topological polar surface area (TPSA) is 114 Å². The third kappa shape index (κ3) is 3.76. The molecule has 2 aromatic rings. The normalized spacial score (nSPS) is 16.3. The number of phenols is 1. The molecule has 2 N–H and O–H groups in total. The van der Waals surface area contributed by atoms with Crippen molar-refractivity contribution in [2.45, 2.75) is 13.3 Å². The van der Waals surface area contributed by atoms with E-state index in [1.54, 1.807) is 25.1 Å². The number of rotatable bonds is 6. The standard InChI is InChI=1S/C23H20N2O7/c1-3-5-14-8-13(10-19(20(14)26)30-4-2)9-16-21(27)24-23(29)25(22(16)28)15-6-7-17-18(11-15)32-12-31-17/h3,6-11,26H,1,4-5,12H2,2H3,(H,24,27,29)/b16-9-. The molecule has 164 valence electrons. The molecule has 9 heteroatoms. The van der Waals surface area contributed by atoms with Crippen molar-refractivity contribution < 1.29 is 33.7 Å². The lowest BCUT2D eigenvalue weighted by atomic mass is 10.0. The number of amides is 4. The van der Waals surface area contributed by atoms with E-state index >= 15 is 0 Å². The van der Waals surface area contributed by atoms with E-state index in [0.29, 0.717) is 35.7 Å². The monoisotopic (exact) mass is 436 g/mol. The van der Waals surface area contributed by atoms with E-state index in [1.165, 1.54) is 24.3 Å². The second-order valence-electron chi connectivity index (χ2n) is 6.95. The smallest absolute Gasteiger partial charge is 0.335 e. The van der Waals surface area contributed by atoms with Gasteiger partial charge >= 0.3 is 6.03 Å². The average molecular weight is 436 g/mol. The summed E-state index contributed by atoms with van der Waals surface area (Å²) in [7, 11) is 0. The van der Waals surface area contributed by atoms with E-state index in [9.17, 15) is 19.5 Å². The molecule has 1 saturated heterocycles. The maximum atomic E-state index is 13.1. The molecule has 0 aliphatic carbocycles. The van der Waals surface area contributed by atoms with Crippen LogP contribution < -0.4 is 24.4 Å². The zero-order valence-corrected chi connectivity index (χ0v) is 17.2. The van der Waals surface area contributed by atoms with Gasteiger partial charge in [0.05, 0.1) is 12.3 Å². The van der Waals surface area contributed by atoms with Gasteiger partial charge in [0.25, 0.3) is 11.8 Å². The van der Waals surface area contributed by atoms with Gasteiger partial charge in [-0.2, -0.15) is 0 Å². The van der Waals surface area contributed by atoms with Crippen LogP contribution >= 0.6 is 0 Å². The predicted octanol–water partition coefficient (Wildman–Crippen LogP) is 2.91. The van der Waals surface area contributed by atoms with Crippen LogP contribution in [0, 0.1) is 0 Å². The fourth-order valence-corrected chi connectivity index (χ4v) is 3.43. The number of carbonyl (C=O) groups is 3. The first-order chi connectivity index (χ1) is 15.4. The van der Waals surface area contributed by atoms with E-state index in [0.717, 1.165) is 4.90 Å². The molecule has 4 rings (SSSR count). The Kier molecular flexibility index (Phi) is 5.55. The first-order valence-corrected chi connectivity index (χ1v) is 9.83. The third-order valence-electron chi connectivity index (χ3n) is 4.87. The number of nitrogens with one attached hydrogen (secondary N) is 1. The van der Waals surface area contributed by atoms with E-state index < -0.39 is 17.8 Å². The van der Waals surface area contributed by atoms with Crippen LogP contribution in [0.3, 0.4) is 0 Å². The number of phenolic OH excluding ortho intramolecular Hbond substituents is 1. The number of benzene rings is 2. The van der Waals surface area contributed by atoms with E-state index in [2.05, 4.69) is 11.9 Å². The van der Waals surface area contributed by atoms with Crippen LogP contribution in [0.1, 0.15) is 18.1 Å². The summed E-state index contributed by atoms with van der Waals surface area (Å²) in [6.07, 6.45) is 3.31. The highest BCUT2D eigenvalue weighted by Crippen LogP contribution is 2.37. The summed E-state index contributed by atoms with van der Waals surface area (Å²) in [5.74, 6) is -0.564. The number of carbonyl (C=O) groups excluding carboxylic acids is 3. The minimum Gasteiger partial charge on any atom is -0.504 e. The summed E-state index contributed by atoms with van der Waals surface area (Å²) in [5.41, 5.74) is 0.940. The number of allylic oxidation sites excluding steroid dienone is 1. The zero-order chi connectivity index (χ0) is 22.8. The number of hydrogen-bond donors (Lipinski definition) is 2. The molecule has 0 aromatic heterocycles. The third-order valence-corrected chi connectivity index (χ3v) is 4.87. The Morgan fingerprint density at radius 3 is 2.72 bits per heavy atom. The Hall–Kier alpha value is -4.27. The summed E-state index contributed by atoms with van der Waals surface area (Å²) in [4.78, 5) is 38.9. The number of anilines is 1. The molecule has 9 nitrogen and oxygen atoms in total. The second-order valence-corrected chi connectivity index (χ2v) is 6.95. The van der Waals surface area contributed by atoms with Crippen LogP contribution in [-0.4, -0.2) is 36.4 Å². The van der Waals surface area contributed by atoms with Crippen molar-refractivity contribution in [2.24, 2.45) is 0 Å². The number of imide groups is 2. The highest BCUT2D eigenvalue weighted by molar-refractivity contribution is 6.39. The van der Waals surface area contributed by atoms with Crippen LogP contribution in [0.2, 0.25) is 0 Å². The number of urea groups is 1. The first kappa shape index (κ1) is 21.0. The van der Waals surface area contributed by atoms with Crippen LogP contribution in [0.15, 0.2) is 48.6 Å². The molecule has 0 atom stereocenters. The lowest BCUT2D eigenvalue weighted by molar-refractivity contribution is -0.122. The fraction of sp³-hybridized carbons (Fsp3) is 0.174. The quantitative estimate of drug-likeness (QED) is 0.407. The Morgan fingerprint density at radius 1 is 1.19 bits per heavy atom. The summed E-state index contributed by atoms with van der Waals surface area (Å²) in [6.45, 7) is 5.79. The SMILES string of the molecule is C=CCc1cc(/C=C2/C(=O)NC(=O)N(c3ccc4c(c3)OCO4)C2=O)cc(OCC)c1O. The molecule has 0 radical (unpaired) electrons. The Labute approximate surface area is 183 Å². The lowest BCUT2D eigenvalue weighted by Crippen LogP contribution is -2.54. The number of ether oxygens (including phenoxy) is 3. The molecule has 0 saturated carbocycles. The van der Waals surface area contributed by atoms with Crippen molar-refractivity contribution in [1.29, 1.82) is 0 Å². The van der Waals surface area contributed by atoms with Crippen molar-refractivity contribution in [3.05, 3.63) is 59.7 Å². The van der Waals surface area contributed by atoms with Gasteiger partial charge in [0.1, 0.15) is 5.57 Å². The molecular formula is C23H20N2O7. The molecular weight excluding hydrogens is 416 g/mol. The van der Waals surface area contributed by atoms with E-state index in [-0.39, 0.29) is 29.6 Å². The van der Waals surface area contributed by atoms with Gasteiger partial charge in [-0.3, -0.25) is 14.9 Å². The van der Waals surface area contributed by atoms with Crippen molar-refractivity contribution >= 4 is 29.6 Å². The minimum atomic E-state index is -0.871. The van der Waals surface area contributed by atoms with Crippen LogP contribution in [0.4, 0.5) is 10.5 Å². The lowest BCUT2D eigenvalue weighted by Gasteiger charge is -2.26. The van der Waals surface area contributed by atoms with E-state index in [1.807, 2.05) is 0 Å². The van der Waals surface area contributed by atoms with Gasteiger partial charge in [-0.1, -0.05) is 6.08 Å². The maximum Gasteiger partial charge on any atom is 0.335 e. The van der Waals surface area contributed by atoms with Gasteiger partial charge in [0, 0.05) is 11.6 Å². The molecule has 4 amide bonds. The van der Waals surface area contributed by atoms with Crippen LogP contribution in [0.25, 0.3) is 6.08 Å². The Bertz CT molecular complexity index is 1170. The Balaban J connectivity index is 1.74. The molecule has 0 unspecified atom stereocenters. The van der Waals surface area contributed by atoms with Gasteiger partial charge in [-0.05, 0) is 49.2 Å². The largest absolute Gasteiger partial charge is 0.504 e. The average Bonchev–Trinajstić information content (AvgIpc) is 3.22. The highest BCUT2D eigenvalue weighted by Gasteiger charge is 2.37. The molecule has 2 aliphatic heterocycles. The molecule has 1 fully saturated rings. The molecule has 2 aliphatic rings. The summed E-state index contributed by atoms with van der Waals surface area (Å²) in [5, 5.41) is 12.6. The van der Waals surface area contributed by atoms with E-state index in [4.69, 9.17) is 14.2 Å². The molecule has 0 spiro atoms. The highest BCUT2D eigenvalue weighted by atomic mass is 16.7. The number of fused-ring (bicyclic) bond motifs is 1. The van der Waals surface area contributed by atoms with Crippen LogP contribution in [-0.2, 0) is 16.0 Å². The predicted molar refractivity (Wildman–Crippen MR) is 115 cm³/mol. The number of nitrogens with zero attached hydrogens (tertiary/aromatic N) is 1. The van der Waals surface area contributed by atoms with Crippen molar-refractivity contribution in [2.75, 3.05) is 18.3 Å². The zero-order valence-electron chi connectivity index (χ0n) is 17.2. The van der Waals surface area contributed by atoms with Crippen LogP contribution in [0.5, 0.6) is 23.0 Å². The van der Waals surface area contributed by atoms with Crippen molar-refractivity contribution in [3.63, 3.8) is 0 Å². The maximum absolute atomic E-state index is 13.1. The molecule has 0 bridgehead atoms. The molecule has 32 heavy (non-hydrogen) atoms. The van der Waals surface area contributed by atoms with Gasteiger partial charge in [-0.15, -0.1) is 6.58 Å².